The van der Waals surface area contributed by atoms with Crippen molar-refractivity contribution in [1.82, 2.24) is 25.2 Å². The van der Waals surface area contributed by atoms with E-state index in [0.717, 1.165) is 48.4 Å². The first kappa shape index (κ1) is 20.1. The quantitative estimate of drug-likeness (QED) is 0.612. The smallest absolute Gasteiger partial charge is 0.258 e. The number of aromatic amines is 1. The van der Waals surface area contributed by atoms with Crippen LogP contribution in [0.15, 0.2) is 29.1 Å². The Bertz CT molecular complexity index is 1100. The molecule has 0 radical (unpaired) electrons. The Labute approximate surface area is 180 Å². The number of hydrogen-bond acceptors (Lipinski definition) is 6. The minimum absolute atomic E-state index is 0.0957. The fourth-order valence-corrected chi connectivity index (χ4v) is 4.94. The fraction of sp³-hybridized carbons (Fsp3) is 0.545. The summed E-state index contributed by atoms with van der Waals surface area (Å²) >= 11 is 0. The molecule has 1 aromatic carbocycles. The Kier molecular flexibility index (Phi) is 5.69. The van der Waals surface area contributed by atoms with Crippen molar-refractivity contribution in [3.63, 3.8) is 0 Å². The van der Waals surface area contributed by atoms with Crippen LogP contribution in [0.5, 0.6) is 5.75 Å². The molecule has 1 saturated carbocycles. The number of quaternary nitrogens is 1. The zero-order valence-corrected chi connectivity index (χ0v) is 17.8. The van der Waals surface area contributed by atoms with Gasteiger partial charge in [-0.05, 0) is 54.5 Å². The fourth-order valence-electron chi connectivity index (χ4n) is 4.94. The molecule has 9 nitrogen and oxygen atoms in total. The van der Waals surface area contributed by atoms with Crippen molar-refractivity contribution in [2.75, 3.05) is 32.9 Å². The maximum Gasteiger partial charge on any atom is 0.258 e. The maximum absolute atomic E-state index is 13.2. The van der Waals surface area contributed by atoms with Gasteiger partial charge in [0.2, 0.25) is 5.82 Å². The van der Waals surface area contributed by atoms with Crippen LogP contribution >= 0.6 is 0 Å². The van der Waals surface area contributed by atoms with Crippen LogP contribution in [-0.4, -0.2) is 58.1 Å². The topological polar surface area (TPSA) is 99.4 Å². The third kappa shape index (κ3) is 3.95. The Morgan fingerprint density at radius 2 is 2.06 bits per heavy atom. The maximum atomic E-state index is 13.2. The van der Waals surface area contributed by atoms with Crippen molar-refractivity contribution in [1.29, 1.82) is 0 Å². The summed E-state index contributed by atoms with van der Waals surface area (Å²) in [6.45, 7) is 5.49. The van der Waals surface area contributed by atoms with Gasteiger partial charge in [0.25, 0.3) is 5.56 Å². The largest absolute Gasteiger partial charge is 0.494 e. The van der Waals surface area contributed by atoms with E-state index in [-0.39, 0.29) is 11.6 Å². The highest BCUT2D eigenvalue weighted by Gasteiger charge is 2.37. The van der Waals surface area contributed by atoms with Crippen LogP contribution in [0.4, 0.5) is 0 Å². The Balaban J connectivity index is 1.63. The number of rotatable bonds is 6. The van der Waals surface area contributed by atoms with E-state index in [2.05, 4.69) is 20.5 Å². The monoisotopic (exact) mass is 425 g/mol. The van der Waals surface area contributed by atoms with Crippen molar-refractivity contribution in [2.24, 2.45) is 0 Å². The number of H-pyrrole nitrogens is 1. The second kappa shape index (κ2) is 8.76. The van der Waals surface area contributed by atoms with Crippen LogP contribution in [0.3, 0.4) is 0 Å². The number of tetrazole rings is 1. The summed E-state index contributed by atoms with van der Waals surface area (Å²) in [5, 5.41) is 13.8. The molecule has 164 valence electrons. The minimum Gasteiger partial charge on any atom is -0.494 e. The molecular formula is C22H29N6O3+. The first-order valence-corrected chi connectivity index (χ1v) is 11.2. The molecule has 1 aliphatic carbocycles. The molecule has 3 heterocycles. The molecule has 0 amide bonds. The van der Waals surface area contributed by atoms with Gasteiger partial charge in [0.15, 0.2) is 6.04 Å². The predicted molar refractivity (Wildman–Crippen MR) is 114 cm³/mol. The lowest BCUT2D eigenvalue weighted by Gasteiger charge is -2.31. The van der Waals surface area contributed by atoms with Crippen molar-refractivity contribution >= 4 is 10.9 Å². The Morgan fingerprint density at radius 3 is 2.84 bits per heavy atom. The van der Waals surface area contributed by atoms with E-state index < -0.39 is 0 Å². The van der Waals surface area contributed by atoms with Gasteiger partial charge in [-0.25, -0.2) is 4.68 Å². The third-order valence-corrected chi connectivity index (χ3v) is 6.46. The van der Waals surface area contributed by atoms with Crippen molar-refractivity contribution in [3.8, 4) is 5.75 Å². The summed E-state index contributed by atoms with van der Waals surface area (Å²) in [5.41, 5.74) is 1.39. The number of benzene rings is 1. The normalized spacial score (nSPS) is 19.1. The lowest BCUT2D eigenvalue weighted by molar-refractivity contribution is -0.933. The summed E-state index contributed by atoms with van der Waals surface area (Å²) in [6.07, 6.45) is 4.54. The van der Waals surface area contributed by atoms with Gasteiger partial charge in [-0.2, -0.15) is 0 Å². The zero-order valence-electron chi connectivity index (χ0n) is 17.8. The van der Waals surface area contributed by atoms with Crippen molar-refractivity contribution in [2.45, 2.75) is 44.7 Å². The number of hydrogen-bond donors (Lipinski definition) is 2. The molecule has 1 saturated heterocycles. The number of nitrogens with zero attached hydrogens (tertiary/aromatic N) is 4. The second-order valence-corrected chi connectivity index (χ2v) is 8.36. The highest BCUT2D eigenvalue weighted by molar-refractivity contribution is 5.80. The van der Waals surface area contributed by atoms with Crippen molar-refractivity contribution < 1.29 is 14.4 Å². The minimum atomic E-state index is -0.247. The third-order valence-electron chi connectivity index (χ3n) is 6.46. The summed E-state index contributed by atoms with van der Waals surface area (Å²) in [4.78, 5) is 17.6. The molecule has 1 aliphatic heterocycles. The predicted octanol–water partition coefficient (Wildman–Crippen LogP) is 1.03. The molecule has 5 rings (SSSR count). The van der Waals surface area contributed by atoms with Gasteiger partial charge in [0, 0.05) is 10.9 Å². The molecule has 2 aromatic heterocycles. The molecule has 2 N–H and O–H groups in total. The van der Waals surface area contributed by atoms with Crippen LogP contribution in [0.2, 0.25) is 0 Å². The first-order valence-electron chi connectivity index (χ1n) is 11.2. The van der Waals surface area contributed by atoms with E-state index in [1.807, 2.05) is 35.9 Å². The molecule has 0 bridgehead atoms. The number of nitrogens with one attached hydrogen (secondary N) is 2. The standard InChI is InChI=1S/C22H28N6O3/c1-2-31-17-7-8-19-15(13-17)14-18(22(29)23-19)20(27-9-11-30-12-10-27)21-24-25-26-28(21)16-5-3-4-6-16/h7-8,13-14,16,20H,2-6,9-12H2,1H3,(H,23,29)/p+1/t20-/m0/s1. The van der Waals surface area contributed by atoms with Crippen LogP contribution in [-0.2, 0) is 4.74 Å². The summed E-state index contributed by atoms with van der Waals surface area (Å²) in [7, 11) is 0. The SMILES string of the molecule is CCOc1ccc2[nH]c(=O)c([C@@H](c3nnnn3C3CCCC3)[NH+]3CCOCC3)cc2c1. The highest BCUT2D eigenvalue weighted by atomic mass is 16.5. The number of fused-ring (bicyclic) bond motifs is 1. The average molecular weight is 426 g/mol. The van der Waals surface area contributed by atoms with E-state index in [0.29, 0.717) is 31.4 Å². The van der Waals surface area contributed by atoms with E-state index in [1.54, 1.807) is 0 Å². The van der Waals surface area contributed by atoms with Gasteiger partial charge in [0.1, 0.15) is 18.8 Å². The molecular weight excluding hydrogens is 396 g/mol. The lowest BCUT2D eigenvalue weighted by Crippen LogP contribution is -3.14. The highest BCUT2D eigenvalue weighted by Crippen LogP contribution is 2.31. The summed E-state index contributed by atoms with van der Waals surface area (Å²) < 4.78 is 13.2. The molecule has 9 heteroatoms. The molecule has 0 unspecified atom stereocenters. The number of ether oxygens (including phenoxy) is 2. The van der Waals surface area contributed by atoms with Gasteiger partial charge >= 0.3 is 0 Å². The van der Waals surface area contributed by atoms with E-state index >= 15 is 0 Å². The lowest BCUT2D eigenvalue weighted by atomic mass is 10.0. The van der Waals surface area contributed by atoms with Gasteiger partial charge in [-0.1, -0.05) is 12.8 Å². The van der Waals surface area contributed by atoms with Crippen molar-refractivity contribution in [3.05, 3.63) is 46.0 Å². The Hall–Kier alpha value is -2.78. The number of pyridine rings is 1. The van der Waals surface area contributed by atoms with E-state index in [1.165, 1.54) is 17.7 Å². The molecule has 1 atom stereocenters. The van der Waals surface area contributed by atoms with Gasteiger partial charge in [-0.15, -0.1) is 5.10 Å². The molecule has 2 fully saturated rings. The van der Waals surface area contributed by atoms with Gasteiger partial charge in [-0.3, -0.25) is 4.79 Å². The summed E-state index contributed by atoms with van der Waals surface area (Å²) in [6, 6.07) is 7.79. The van der Waals surface area contributed by atoms with Crippen LogP contribution in [0, 0.1) is 0 Å². The number of aromatic nitrogens is 5. The van der Waals surface area contributed by atoms with Crippen LogP contribution < -0.4 is 15.2 Å². The van der Waals surface area contributed by atoms with E-state index in [4.69, 9.17) is 9.47 Å². The number of morpholine rings is 1. The molecule has 2 aliphatic rings. The second-order valence-electron chi connectivity index (χ2n) is 8.36. The molecule has 31 heavy (non-hydrogen) atoms. The molecule has 0 spiro atoms. The summed E-state index contributed by atoms with van der Waals surface area (Å²) in [5.74, 6) is 1.56. The average Bonchev–Trinajstić information content (AvgIpc) is 3.48. The van der Waals surface area contributed by atoms with Crippen LogP contribution in [0.1, 0.15) is 56.1 Å². The molecule has 3 aromatic rings. The Morgan fingerprint density at radius 1 is 1.26 bits per heavy atom. The first-order chi connectivity index (χ1) is 15.2. The van der Waals surface area contributed by atoms with E-state index in [9.17, 15) is 4.79 Å². The van der Waals surface area contributed by atoms with Gasteiger partial charge < -0.3 is 19.4 Å². The zero-order chi connectivity index (χ0) is 21.2. The van der Waals surface area contributed by atoms with Gasteiger partial charge in [0.05, 0.1) is 31.4 Å². The van der Waals surface area contributed by atoms with Crippen LogP contribution in [0.25, 0.3) is 10.9 Å².